The second-order valence-electron chi connectivity index (χ2n) is 2.85. The zero-order chi connectivity index (χ0) is 10.1. The van der Waals surface area contributed by atoms with Gasteiger partial charge in [-0.05, 0) is 19.1 Å². The lowest BCUT2D eigenvalue weighted by Gasteiger charge is -1.99. The van der Waals surface area contributed by atoms with E-state index < -0.39 is 0 Å². The van der Waals surface area contributed by atoms with Crippen molar-refractivity contribution in [2.45, 2.75) is 6.92 Å². The number of nitrogens with zero attached hydrogens (tertiary/aromatic N) is 2. The molecule has 0 aliphatic heterocycles. The number of rotatable bonds is 1. The molecule has 2 heterocycles. The van der Waals surface area contributed by atoms with Gasteiger partial charge in [-0.15, -0.1) is 0 Å². The Balaban J connectivity index is 2.60. The molecule has 0 radical (unpaired) electrons. The number of aryl methyl sites for hydroxylation is 1. The molecule has 2 N–H and O–H groups in total. The van der Waals surface area contributed by atoms with Crippen LogP contribution in [0, 0.1) is 6.92 Å². The maximum Gasteiger partial charge on any atom is 0.189 e. The molecule has 5 heteroatoms. The number of nitrogens with two attached hydrogens (primary N) is 1. The van der Waals surface area contributed by atoms with E-state index in [-0.39, 0.29) is 5.82 Å². The van der Waals surface area contributed by atoms with Gasteiger partial charge in [0.05, 0.1) is 0 Å². The molecule has 0 saturated carbocycles. The molecule has 0 aliphatic rings. The number of halogens is 1. The number of hydrogen-bond donors (Lipinski definition) is 1. The number of nitrogen functional groups attached to an aromatic ring is 1. The third-order valence-electron chi connectivity index (χ3n) is 1.91. The molecule has 2 aromatic heterocycles. The summed E-state index contributed by atoms with van der Waals surface area (Å²) in [6, 6.07) is 3.66. The number of aromatic nitrogens is 2. The van der Waals surface area contributed by atoms with Crippen LogP contribution in [0.3, 0.4) is 0 Å². The Kier molecular flexibility index (Phi) is 2.13. The third kappa shape index (κ3) is 1.33. The van der Waals surface area contributed by atoms with Crippen LogP contribution in [0.1, 0.15) is 5.69 Å². The van der Waals surface area contributed by atoms with Crippen LogP contribution >= 0.6 is 11.6 Å². The Labute approximate surface area is 85.7 Å². The molecule has 14 heavy (non-hydrogen) atoms. The molecule has 0 saturated heterocycles. The molecule has 0 aliphatic carbocycles. The van der Waals surface area contributed by atoms with Crippen LogP contribution in [0.4, 0.5) is 5.82 Å². The minimum Gasteiger partial charge on any atom is -0.380 e. The highest BCUT2D eigenvalue weighted by atomic mass is 35.5. The lowest BCUT2D eigenvalue weighted by Crippen LogP contribution is -1.86. The largest absolute Gasteiger partial charge is 0.380 e. The van der Waals surface area contributed by atoms with Crippen LogP contribution in [0.15, 0.2) is 22.9 Å². The lowest BCUT2D eigenvalue weighted by molar-refractivity contribution is 0.435. The van der Waals surface area contributed by atoms with Gasteiger partial charge >= 0.3 is 0 Å². The van der Waals surface area contributed by atoms with E-state index in [0.717, 1.165) is 11.3 Å². The molecule has 0 spiro atoms. The highest BCUT2D eigenvalue weighted by molar-refractivity contribution is 6.35. The van der Waals surface area contributed by atoms with Crippen LogP contribution in [0.5, 0.6) is 0 Å². The quantitative estimate of drug-likeness (QED) is 0.783. The highest BCUT2D eigenvalue weighted by Crippen LogP contribution is 2.32. The van der Waals surface area contributed by atoms with Crippen LogP contribution in [0.2, 0.25) is 5.02 Å². The topological polar surface area (TPSA) is 64.9 Å². The van der Waals surface area contributed by atoms with Crippen molar-refractivity contribution < 1.29 is 4.52 Å². The van der Waals surface area contributed by atoms with Crippen molar-refractivity contribution in [2.24, 2.45) is 0 Å². The summed E-state index contributed by atoms with van der Waals surface area (Å²) in [4.78, 5) is 4.12. The van der Waals surface area contributed by atoms with Crippen LogP contribution in [-0.4, -0.2) is 10.1 Å². The normalized spacial score (nSPS) is 10.4. The summed E-state index contributed by atoms with van der Waals surface area (Å²) in [6.45, 7) is 1.87. The zero-order valence-corrected chi connectivity index (χ0v) is 8.25. The monoisotopic (exact) mass is 209 g/mol. The molecular formula is C9H8ClN3O. The van der Waals surface area contributed by atoms with Gasteiger partial charge in [0.2, 0.25) is 0 Å². The third-order valence-corrected chi connectivity index (χ3v) is 2.28. The SMILES string of the molecule is Cc1ncccc1-c1onc(N)c1Cl. The standard InChI is InChI=1S/C9H8ClN3O/c1-5-6(3-2-4-12-5)8-7(10)9(11)13-14-8/h2-4H,1H3,(H2,11,13). The van der Waals surface area contributed by atoms with E-state index in [1.165, 1.54) is 0 Å². The number of hydrogen-bond acceptors (Lipinski definition) is 4. The van der Waals surface area contributed by atoms with Crippen LogP contribution in [0.25, 0.3) is 11.3 Å². The number of pyridine rings is 1. The summed E-state index contributed by atoms with van der Waals surface area (Å²) >= 11 is 5.91. The van der Waals surface area contributed by atoms with Gasteiger partial charge in [0, 0.05) is 17.5 Å². The zero-order valence-electron chi connectivity index (χ0n) is 7.49. The van der Waals surface area contributed by atoms with Crippen molar-refractivity contribution in [3.05, 3.63) is 29.0 Å². The Morgan fingerprint density at radius 1 is 1.50 bits per heavy atom. The first-order valence-electron chi connectivity index (χ1n) is 4.03. The van der Waals surface area contributed by atoms with Gasteiger partial charge in [-0.2, -0.15) is 0 Å². The molecular weight excluding hydrogens is 202 g/mol. The Bertz CT molecular complexity index is 467. The van der Waals surface area contributed by atoms with Gasteiger partial charge in [0.25, 0.3) is 0 Å². The fourth-order valence-corrected chi connectivity index (χ4v) is 1.35. The van der Waals surface area contributed by atoms with Crippen LogP contribution in [-0.2, 0) is 0 Å². The Morgan fingerprint density at radius 3 is 2.86 bits per heavy atom. The molecule has 0 amide bonds. The fraction of sp³-hybridized carbons (Fsp3) is 0.111. The van der Waals surface area contributed by atoms with E-state index in [0.29, 0.717) is 10.8 Å². The first-order valence-corrected chi connectivity index (χ1v) is 4.40. The molecule has 0 unspecified atom stereocenters. The van der Waals surface area contributed by atoms with Gasteiger partial charge in [0.1, 0.15) is 5.02 Å². The first kappa shape index (κ1) is 9.02. The second kappa shape index (κ2) is 3.31. The number of anilines is 1. The van der Waals surface area contributed by atoms with E-state index in [4.69, 9.17) is 21.9 Å². The van der Waals surface area contributed by atoms with E-state index in [1.54, 1.807) is 12.3 Å². The van der Waals surface area contributed by atoms with E-state index in [1.807, 2.05) is 13.0 Å². The van der Waals surface area contributed by atoms with Gasteiger partial charge in [-0.1, -0.05) is 16.8 Å². The molecule has 2 rings (SSSR count). The Morgan fingerprint density at radius 2 is 2.29 bits per heavy atom. The predicted octanol–water partition coefficient (Wildman–Crippen LogP) is 2.28. The summed E-state index contributed by atoms with van der Waals surface area (Å²) < 4.78 is 5.01. The average molecular weight is 210 g/mol. The summed E-state index contributed by atoms with van der Waals surface area (Å²) in [6.07, 6.45) is 1.70. The van der Waals surface area contributed by atoms with E-state index >= 15 is 0 Å². The summed E-state index contributed by atoms with van der Waals surface area (Å²) in [7, 11) is 0. The van der Waals surface area contributed by atoms with Crippen molar-refractivity contribution in [1.82, 2.24) is 10.1 Å². The lowest BCUT2D eigenvalue weighted by atomic mass is 10.1. The van der Waals surface area contributed by atoms with E-state index in [9.17, 15) is 0 Å². The summed E-state index contributed by atoms with van der Waals surface area (Å²) in [5, 5.41) is 3.91. The minimum absolute atomic E-state index is 0.199. The Hall–Kier alpha value is -1.55. The molecule has 0 bridgehead atoms. The molecule has 0 atom stereocenters. The smallest absolute Gasteiger partial charge is 0.189 e. The minimum atomic E-state index is 0.199. The second-order valence-corrected chi connectivity index (χ2v) is 3.23. The molecule has 0 aromatic carbocycles. The van der Waals surface area contributed by atoms with E-state index in [2.05, 4.69) is 10.1 Å². The first-order chi connectivity index (χ1) is 6.70. The maximum atomic E-state index is 5.91. The maximum absolute atomic E-state index is 5.91. The van der Waals surface area contributed by atoms with Gasteiger partial charge in [-0.3, -0.25) is 4.98 Å². The van der Waals surface area contributed by atoms with Gasteiger partial charge in [-0.25, -0.2) is 0 Å². The van der Waals surface area contributed by atoms with Crippen LogP contribution < -0.4 is 5.73 Å². The molecule has 2 aromatic rings. The van der Waals surface area contributed by atoms with Crippen molar-refractivity contribution in [1.29, 1.82) is 0 Å². The molecule has 4 nitrogen and oxygen atoms in total. The summed E-state index contributed by atoms with van der Waals surface area (Å²) in [5.74, 6) is 0.666. The predicted molar refractivity (Wildman–Crippen MR) is 53.9 cm³/mol. The van der Waals surface area contributed by atoms with Crippen molar-refractivity contribution >= 4 is 17.4 Å². The van der Waals surface area contributed by atoms with Gasteiger partial charge < -0.3 is 10.3 Å². The van der Waals surface area contributed by atoms with Crippen molar-refractivity contribution in [3.8, 4) is 11.3 Å². The molecule has 0 fully saturated rings. The fourth-order valence-electron chi connectivity index (χ4n) is 1.18. The van der Waals surface area contributed by atoms with Gasteiger partial charge in [0.15, 0.2) is 11.6 Å². The molecule has 72 valence electrons. The highest BCUT2D eigenvalue weighted by Gasteiger charge is 2.15. The van der Waals surface area contributed by atoms with Crippen molar-refractivity contribution in [2.75, 3.05) is 5.73 Å². The van der Waals surface area contributed by atoms with Crippen molar-refractivity contribution in [3.63, 3.8) is 0 Å². The average Bonchev–Trinajstić information content (AvgIpc) is 2.49. The summed E-state index contributed by atoms with van der Waals surface area (Å²) in [5.41, 5.74) is 7.10.